The molecule has 0 aromatic heterocycles. The molecule has 0 spiro atoms. The van der Waals surface area contributed by atoms with Gasteiger partial charge in [-0.15, -0.1) is 0 Å². The van der Waals surface area contributed by atoms with E-state index in [9.17, 15) is 0 Å². The van der Waals surface area contributed by atoms with Crippen LogP contribution in [0, 0.1) is 0 Å². The third-order valence-electron chi connectivity index (χ3n) is 9.79. The SMILES string of the molecule is CN1CCCN2CCN(C)CCCN(CC1)CC2.[I-][N+]12CCCN3CC[N+]4([I-])CCCN(CC1)C4C32. The predicted octanol–water partition coefficient (Wildman–Crippen LogP) is -6.09. The minimum Gasteiger partial charge on any atom is -0.470 e. The fourth-order valence-electron chi connectivity index (χ4n) is 7.54. The van der Waals surface area contributed by atoms with Gasteiger partial charge in [0.25, 0.3) is 0 Å². The number of quaternary nitrogens is 2. The monoisotopic (exact) mass is 730 g/mol. The molecule has 0 saturated carbocycles. The maximum atomic E-state index is 2.81. The lowest BCUT2D eigenvalue weighted by atomic mass is 10.0. The average molecular weight is 731 g/mol. The first-order chi connectivity index (χ1) is 17.4. The lowest BCUT2D eigenvalue weighted by Gasteiger charge is -2.72. The molecule has 6 atom stereocenters. The molecule has 6 fully saturated rings. The summed E-state index contributed by atoms with van der Waals surface area (Å²) in [5.41, 5.74) is 0. The zero-order valence-electron chi connectivity index (χ0n) is 23.0. The molecule has 0 amide bonds. The minimum atomic E-state index is 0.763. The van der Waals surface area contributed by atoms with Crippen LogP contribution >= 0.6 is 0 Å². The topological polar surface area (TPSA) is 19.4 Å². The van der Waals surface area contributed by atoms with Crippen molar-refractivity contribution in [2.75, 3.05) is 132 Å². The van der Waals surface area contributed by atoms with Gasteiger partial charge >= 0.3 is 0 Å². The fraction of sp³-hybridized carbons (Fsp3) is 1.00. The average Bonchev–Trinajstić information content (AvgIpc) is 2.87. The summed E-state index contributed by atoms with van der Waals surface area (Å²) in [5, 5.41) is 0. The first-order valence-electron chi connectivity index (χ1n) is 14.8. The Morgan fingerprint density at radius 2 is 0.861 bits per heavy atom. The van der Waals surface area contributed by atoms with Crippen LogP contribution in [-0.4, -0.2) is 179 Å². The van der Waals surface area contributed by atoms with Crippen molar-refractivity contribution in [2.45, 2.75) is 38.0 Å². The second kappa shape index (κ2) is 12.8. The van der Waals surface area contributed by atoms with Crippen molar-refractivity contribution in [1.82, 2.24) is 29.4 Å². The first-order valence-corrected chi connectivity index (χ1v) is 16.7. The van der Waals surface area contributed by atoms with Gasteiger partial charge in [-0.2, -0.15) is 0 Å². The molecule has 6 saturated heterocycles. The van der Waals surface area contributed by atoms with Gasteiger partial charge in [0.15, 0.2) is 12.3 Å². The minimum absolute atomic E-state index is 0.763. The summed E-state index contributed by atoms with van der Waals surface area (Å²) in [5.74, 6) is 0. The Labute approximate surface area is 249 Å². The molecule has 6 heterocycles. The second-order valence-electron chi connectivity index (χ2n) is 12.3. The molecular weight excluding hydrogens is 678 g/mol. The van der Waals surface area contributed by atoms with Crippen LogP contribution in [0.1, 0.15) is 25.7 Å². The molecule has 8 nitrogen and oxygen atoms in total. The zero-order chi connectivity index (χ0) is 25.2. The smallest absolute Gasteiger partial charge is 0.192 e. The van der Waals surface area contributed by atoms with E-state index >= 15 is 0 Å². The highest BCUT2D eigenvalue weighted by molar-refractivity contribution is 4.86. The Balaban J connectivity index is 0.000000148. The van der Waals surface area contributed by atoms with Gasteiger partial charge < -0.3 is 70.7 Å². The number of hydrogen-bond donors (Lipinski definition) is 0. The highest BCUT2D eigenvalue weighted by Gasteiger charge is 2.57. The molecule has 0 aromatic rings. The van der Waals surface area contributed by atoms with Crippen LogP contribution in [0.25, 0.3) is 0 Å². The molecule has 0 aliphatic carbocycles. The largest absolute Gasteiger partial charge is 0.470 e. The molecule has 36 heavy (non-hydrogen) atoms. The highest BCUT2D eigenvalue weighted by atomic mass is 127. The van der Waals surface area contributed by atoms with Gasteiger partial charge in [-0.3, -0.25) is 0 Å². The molecule has 210 valence electrons. The summed E-state index contributed by atoms with van der Waals surface area (Å²) in [4.78, 5) is 15.9. The van der Waals surface area contributed by atoms with Gasteiger partial charge in [-0.25, -0.2) is 9.80 Å². The fourth-order valence-corrected chi connectivity index (χ4v) is 9.93. The molecule has 6 aliphatic rings. The Morgan fingerprint density at radius 1 is 0.444 bits per heavy atom. The third-order valence-corrected chi connectivity index (χ3v) is 12.9. The van der Waals surface area contributed by atoms with E-state index in [0.717, 1.165) is 12.3 Å². The Hall–Kier alpha value is 1.14. The van der Waals surface area contributed by atoms with Crippen LogP contribution in [0.3, 0.4) is 0 Å². The molecule has 2 radical (unpaired) electrons. The van der Waals surface area contributed by atoms with Crippen LogP contribution in [0.5, 0.6) is 0 Å². The Morgan fingerprint density at radius 3 is 1.31 bits per heavy atom. The molecular formula is C26H52I2N8. The van der Waals surface area contributed by atoms with Crippen molar-refractivity contribution in [3.63, 3.8) is 0 Å². The molecule has 2 bridgehead atoms. The van der Waals surface area contributed by atoms with Crippen LogP contribution in [0.2, 0.25) is 0 Å². The van der Waals surface area contributed by atoms with E-state index in [1.54, 1.807) is 0 Å². The lowest BCUT2D eigenvalue weighted by Crippen LogP contribution is -3.51. The quantitative estimate of drug-likeness (QED) is 0.182. The number of likely N-dealkylation sites (N-methyl/N-ethyl adjacent to an activating group) is 2. The third kappa shape index (κ3) is 6.71. The van der Waals surface area contributed by atoms with Gasteiger partial charge in [0, 0.05) is 65.2 Å². The van der Waals surface area contributed by atoms with E-state index in [1.165, 1.54) is 149 Å². The van der Waals surface area contributed by atoms with E-state index in [1.807, 2.05) is 0 Å². The van der Waals surface area contributed by atoms with E-state index < -0.39 is 0 Å². The second-order valence-corrected chi connectivity index (χ2v) is 16.2. The van der Waals surface area contributed by atoms with Crippen molar-refractivity contribution in [1.29, 1.82) is 0 Å². The molecule has 6 unspecified atom stereocenters. The van der Waals surface area contributed by atoms with Crippen molar-refractivity contribution < 1.29 is 51.1 Å². The summed E-state index contributed by atoms with van der Waals surface area (Å²) in [6.45, 7) is 23.3. The number of nitrogens with zero attached hydrogens (tertiary/aromatic N) is 8. The zero-order valence-corrected chi connectivity index (χ0v) is 27.4. The van der Waals surface area contributed by atoms with E-state index in [0.29, 0.717) is 0 Å². The number of piperazine rings is 2. The van der Waals surface area contributed by atoms with Crippen molar-refractivity contribution in [2.24, 2.45) is 0 Å². The normalized spacial score (nSPS) is 43.7. The van der Waals surface area contributed by atoms with Crippen LogP contribution < -0.4 is 45.7 Å². The van der Waals surface area contributed by atoms with Gasteiger partial charge in [-0.05, 0) is 53.1 Å². The van der Waals surface area contributed by atoms with Gasteiger partial charge in [-0.1, -0.05) is 0 Å². The lowest BCUT2D eigenvalue weighted by molar-refractivity contribution is -1.37. The van der Waals surface area contributed by atoms with Crippen molar-refractivity contribution in [3.05, 3.63) is 0 Å². The van der Waals surface area contributed by atoms with Crippen molar-refractivity contribution >= 4 is 0 Å². The van der Waals surface area contributed by atoms with Gasteiger partial charge in [0.2, 0.25) is 0 Å². The number of hydrogen-bond acceptors (Lipinski definition) is 6. The molecule has 0 N–H and O–H groups in total. The number of fused-ring (bicyclic) bond motifs is 3. The number of halogens is 2. The highest BCUT2D eigenvalue weighted by Crippen LogP contribution is 2.35. The van der Waals surface area contributed by atoms with Crippen LogP contribution in [0.15, 0.2) is 0 Å². The molecule has 0 aromatic carbocycles. The molecule has 6 aliphatic heterocycles. The van der Waals surface area contributed by atoms with Crippen LogP contribution in [0.4, 0.5) is 0 Å². The van der Waals surface area contributed by atoms with Crippen molar-refractivity contribution in [3.8, 4) is 0 Å². The maximum Gasteiger partial charge on any atom is 0.192 e. The summed E-state index contributed by atoms with van der Waals surface area (Å²) in [6.07, 6.45) is 6.96. The Bertz CT molecular complexity index is 659. The predicted molar refractivity (Wildman–Crippen MR) is 137 cm³/mol. The van der Waals surface area contributed by atoms with E-state index in [4.69, 9.17) is 0 Å². The number of rotatable bonds is 0. The summed E-state index contributed by atoms with van der Waals surface area (Å²) >= 11 is 5.56. The maximum absolute atomic E-state index is 2.81. The van der Waals surface area contributed by atoms with Gasteiger partial charge in [0.05, 0.1) is 39.3 Å². The van der Waals surface area contributed by atoms with E-state index in [2.05, 4.69) is 89.2 Å². The standard InChI is InChI=1S/C14H30N4.C12H22I2N4/c1-15-5-3-7-18-12-10-16(2)6-4-8-17(11-9-15)13-14-18;13-17-7-1-3-15-5-10-18(14)8-2-4-16(6-9-17)12(18)11(15)17/h3-14H2,1-2H3;11-12H,1-10H2. The molecule has 10 heteroatoms. The first kappa shape index (κ1) is 28.7. The van der Waals surface area contributed by atoms with E-state index in [-0.39, 0.29) is 0 Å². The molecule has 6 rings (SSSR count). The summed E-state index contributed by atoms with van der Waals surface area (Å²) < 4.78 is 2.59. The van der Waals surface area contributed by atoms with Gasteiger partial charge in [0.1, 0.15) is 0 Å². The Kier molecular flexibility index (Phi) is 10.2. The van der Waals surface area contributed by atoms with Crippen LogP contribution in [-0.2, 0) is 0 Å². The summed E-state index contributed by atoms with van der Waals surface area (Å²) in [6, 6.07) is 0. The summed E-state index contributed by atoms with van der Waals surface area (Å²) in [7, 11) is 4.54.